The molecule has 0 N–H and O–H groups in total. The number of hydrogen-bond donors (Lipinski definition) is 0. The van der Waals surface area contributed by atoms with Gasteiger partial charge < -0.3 is 4.74 Å². The number of carbonyl (C=O) groups excluding carboxylic acids is 2. The van der Waals surface area contributed by atoms with E-state index in [0.29, 0.717) is 19.3 Å². The second-order valence-electron chi connectivity index (χ2n) is 3.99. The monoisotopic (exact) mass is 207 g/mol. The van der Waals surface area contributed by atoms with E-state index in [-0.39, 0.29) is 17.9 Å². The Labute approximate surface area is 88.6 Å². The van der Waals surface area contributed by atoms with Crippen LogP contribution in [0.25, 0.3) is 0 Å². The number of fused-ring (bicyclic) bond motifs is 2. The van der Waals surface area contributed by atoms with Gasteiger partial charge in [-0.05, 0) is 19.8 Å². The van der Waals surface area contributed by atoms with Crippen molar-refractivity contribution in [2.24, 2.45) is 0 Å². The first-order valence-corrected chi connectivity index (χ1v) is 5.11. The maximum absolute atomic E-state index is 11.8. The Morgan fingerprint density at radius 2 is 2.00 bits per heavy atom. The van der Waals surface area contributed by atoms with Crippen LogP contribution in [-0.2, 0) is 14.3 Å². The maximum atomic E-state index is 11.8. The highest BCUT2D eigenvalue weighted by molar-refractivity contribution is 6.02. The first kappa shape index (κ1) is 10.2. The molecule has 2 saturated heterocycles. The van der Waals surface area contributed by atoms with Gasteiger partial charge in [0.05, 0.1) is 0 Å². The van der Waals surface area contributed by atoms with Crippen molar-refractivity contribution in [3.8, 4) is 12.3 Å². The second-order valence-corrected chi connectivity index (χ2v) is 3.99. The van der Waals surface area contributed by atoms with E-state index in [2.05, 4.69) is 5.92 Å². The quantitative estimate of drug-likeness (QED) is 0.484. The number of amides is 2. The molecule has 2 amide bonds. The van der Waals surface area contributed by atoms with E-state index in [1.165, 1.54) is 4.90 Å². The zero-order valence-electron chi connectivity index (χ0n) is 8.60. The highest BCUT2D eigenvalue weighted by Crippen LogP contribution is 2.29. The predicted octanol–water partition coefficient (Wildman–Crippen LogP) is 0.315. The third kappa shape index (κ3) is 1.53. The van der Waals surface area contributed by atoms with Crippen molar-refractivity contribution in [3.05, 3.63) is 0 Å². The zero-order valence-corrected chi connectivity index (χ0v) is 8.60. The fourth-order valence-corrected chi connectivity index (χ4v) is 2.12. The molecule has 3 unspecified atom stereocenters. The summed E-state index contributed by atoms with van der Waals surface area (Å²) >= 11 is 0. The first-order chi connectivity index (χ1) is 7.15. The summed E-state index contributed by atoms with van der Waals surface area (Å²) in [4.78, 5) is 24.9. The Morgan fingerprint density at radius 1 is 1.47 bits per heavy atom. The lowest BCUT2D eigenvalue weighted by Crippen LogP contribution is -2.55. The number of likely N-dealkylation sites (tertiary alicyclic amines) is 1. The molecule has 80 valence electrons. The topological polar surface area (TPSA) is 46.6 Å². The smallest absolute Gasteiger partial charge is 0.258 e. The molecule has 2 aliphatic rings. The van der Waals surface area contributed by atoms with Gasteiger partial charge in [-0.1, -0.05) is 0 Å². The van der Waals surface area contributed by atoms with E-state index < -0.39 is 12.2 Å². The third-order valence-electron chi connectivity index (χ3n) is 2.90. The van der Waals surface area contributed by atoms with E-state index in [1.807, 2.05) is 0 Å². The maximum Gasteiger partial charge on any atom is 0.258 e. The molecule has 0 saturated carbocycles. The van der Waals surface area contributed by atoms with Crippen LogP contribution in [0.5, 0.6) is 0 Å². The number of terminal acetylenes is 1. The molecule has 0 aromatic rings. The Balaban J connectivity index is 2.20. The third-order valence-corrected chi connectivity index (χ3v) is 2.90. The largest absolute Gasteiger partial charge is 0.355 e. The van der Waals surface area contributed by atoms with E-state index in [9.17, 15) is 9.59 Å². The molecule has 2 rings (SSSR count). The Bertz CT molecular complexity index is 322. The summed E-state index contributed by atoms with van der Waals surface area (Å²) in [7, 11) is 0. The van der Waals surface area contributed by atoms with Gasteiger partial charge in [-0.2, -0.15) is 0 Å². The van der Waals surface area contributed by atoms with Crippen LogP contribution in [0.2, 0.25) is 0 Å². The van der Waals surface area contributed by atoms with Gasteiger partial charge in [-0.15, -0.1) is 12.3 Å². The van der Waals surface area contributed by atoms with Crippen LogP contribution in [0.15, 0.2) is 0 Å². The molecular weight excluding hydrogens is 194 g/mol. The average Bonchev–Trinajstić information content (AvgIpc) is 2.62. The Kier molecular flexibility index (Phi) is 2.49. The molecule has 0 aliphatic carbocycles. The van der Waals surface area contributed by atoms with E-state index in [0.717, 1.165) is 0 Å². The SMILES string of the molecule is C#CCC(C)N1C(=O)C2CCC(O2)C1=O. The van der Waals surface area contributed by atoms with Crippen LogP contribution in [-0.4, -0.2) is 35.0 Å². The summed E-state index contributed by atoms with van der Waals surface area (Å²) in [5, 5.41) is 0. The van der Waals surface area contributed by atoms with Crippen LogP contribution in [0.4, 0.5) is 0 Å². The lowest BCUT2D eigenvalue weighted by molar-refractivity contribution is -0.170. The molecule has 0 aromatic heterocycles. The van der Waals surface area contributed by atoms with Gasteiger partial charge in [-0.25, -0.2) is 0 Å². The van der Waals surface area contributed by atoms with Gasteiger partial charge in [0.2, 0.25) is 0 Å². The van der Waals surface area contributed by atoms with Crippen molar-refractivity contribution >= 4 is 11.8 Å². The van der Waals surface area contributed by atoms with Gasteiger partial charge in [0.1, 0.15) is 12.2 Å². The van der Waals surface area contributed by atoms with Gasteiger partial charge in [0, 0.05) is 12.5 Å². The molecule has 3 atom stereocenters. The first-order valence-electron chi connectivity index (χ1n) is 5.11. The van der Waals surface area contributed by atoms with Crippen LogP contribution in [0, 0.1) is 12.3 Å². The normalized spacial score (nSPS) is 31.6. The molecule has 15 heavy (non-hydrogen) atoms. The highest BCUT2D eigenvalue weighted by atomic mass is 16.5. The fourth-order valence-electron chi connectivity index (χ4n) is 2.12. The lowest BCUT2D eigenvalue weighted by Gasteiger charge is -2.33. The number of ether oxygens (including phenoxy) is 1. The Hall–Kier alpha value is -1.34. The minimum Gasteiger partial charge on any atom is -0.355 e. The molecule has 2 aliphatic heterocycles. The summed E-state index contributed by atoms with van der Waals surface area (Å²) in [6.45, 7) is 1.79. The number of imide groups is 1. The van der Waals surface area contributed by atoms with Crippen molar-refractivity contribution in [3.63, 3.8) is 0 Å². The fraction of sp³-hybridized carbons (Fsp3) is 0.636. The average molecular weight is 207 g/mol. The molecule has 0 spiro atoms. The summed E-state index contributed by atoms with van der Waals surface area (Å²) in [6, 6.07) is -0.220. The van der Waals surface area contributed by atoms with Crippen molar-refractivity contribution in [2.45, 2.75) is 44.4 Å². The summed E-state index contributed by atoms with van der Waals surface area (Å²) in [6.07, 6.45) is 6.03. The predicted molar refractivity (Wildman–Crippen MR) is 52.7 cm³/mol. The Morgan fingerprint density at radius 3 is 2.47 bits per heavy atom. The highest BCUT2D eigenvalue weighted by Gasteiger charge is 2.47. The molecule has 2 heterocycles. The minimum absolute atomic E-state index is 0.220. The zero-order chi connectivity index (χ0) is 11.0. The summed E-state index contributed by atoms with van der Waals surface area (Å²) in [5.74, 6) is 2.02. The van der Waals surface area contributed by atoms with Crippen molar-refractivity contribution in [2.75, 3.05) is 0 Å². The molecule has 4 nitrogen and oxygen atoms in total. The van der Waals surface area contributed by atoms with Crippen molar-refractivity contribution in [1.82, 2.24) is 4.90 Å². The van der Waals surface area contributed by atoms with Crippen LogP contribution >= 0.6 is 0 Å². The number of hydrogen-bond acceptors (Lipinski definition) is 3. The van der Waals surface area contributed by atoms with Gasteiger partial charge in [0.15, 0.2) is 0 Å². The van der Waals surface area contributed by atoms with Crippen molar-refractivity contribution < 1.29 is 14.3 Å². The molecule has 2 bridgehead atoms. The molecule has 2 fully saturated rings. The van der Waals surface area contributed by atoms with E-state index >= 15 is 0 Å². The number of nitrogens with zero attached hydrogens (tertiary/aromatic N) is 1. The second kappa shape index (κ2) is 3.67. The van der Waals surface area contributed by atoms with Crippen LogP contribution in [0.3, 0.4) is 0 Å². The summed E-state index contributed by atoms with van der Waals surface area (Å²) < 4.78 is 5.29. The standard InChI is InChI=1S/C11H13NO3/c1-3-4-7(2)12-10(13)8-5-6-9(15-8)11(12)14/h1,7-9H,4-6H2,2H3. The minimum atomic E-state index is -0.423. The van der Waals surface area contributed by atoms with Crippen LogP contribution in [0.1, 0.15) is 26.2 Å². The van der Waals surface area contributed by atoms with Crippen molar-refractivity contribution in [1.29, 1.82) is 0 Å². The number of morpholine rings is 1. The van der Waals surface area contributed by atoms with Gasteiger partial charge in [0.25, 0.3) is 11.8 Å². The lowest BCUT2D eigenvalue weighted by atomic mass is 10.1. The molecule has 4 heteroatoms. The van der Waals surface area contributed by atoms with Crippen LogP contribution < -0.4 is 0 Å². The van der Waals surface area contributed by atoms with E-state index in [4.69, 9.17) is 11.2 Å². The molecular formula is C11H13NO3. The van der Waals surface area contributed by atoms with Gasteiger partial charge >= 0.3 is 0 Å². The molecule has 0 radical (unpaired) electrons. The summed E-state index contributed by atoms with van der Waals surface area (Å²) in [5.41, 5.74) is 0. The van der Waals surface area contributed by atoms with Gasteiger partial charge in [-0.3, -0.25) is 14.5 Å². The van der Waals surface area contributed by atoms with E-state index in [1.54, 1.807) is 6.92 Å². The number of rotatable bonds is 2. The molecule has 0 aromatic carbocycles. The number of carbonyl (C=O) groups is 2.